The minimum Gasteiger partial charge on any atom is -0.480 e. The van der Waals surface area contributed by atoms with E-state index >= 15 is 0 Å². The number of likely N-dealkylation sites (tertiary alicyclic amines) is 1. The van der Waals surface area contributed by atoms with Crippen molar-refractivity contribution >= 4 is 29.7 Å². The number of rotatable bonds is 6. The van der Waals surface area contributed by atoms with Gasteiger partial charge in [0, 0.05) is 12.5 Å². The van der Waals surface area contributed by atoms with Crippen molar-refractivity contribution in [2.24, 2.45) is 0 Å². The van der Waals surface area contributed by atoms with E-state index in [9.17, 15) is 19.5 Å². The van der Waals surface area contributed by atoms with E-state index in [2.05, 4.69) is 29.6 Å². The maximum absolute atomic E-state index is 12.9. The highest BCUT2D eigenvalue weighted by atomic mass is 32.2. The summed E-state index contributed by atoms with van der Waals surface area (Å²) in [7, 11) is 0. The van der Waals surface area contributed by atoms with Gasteiger partial charge in [0.25, 0.3) is 0 Å². The number of nitrogens with zero attached hydrogens (tertiary/aromatic N) is 1. The normalized spacial score (nSPS) is 20.6. The van der Waals surface area contributed by atoms with Crippen LogP contribution in [0, 0.1) is 0 Å². The second-order valence-electron chi connectivity index (χ2n) is 9.25. The van der Waals surface area contributed by atoms with Crippen molar-refractivity contribution < 1.29 is 24.2 Å². The summed E-state index contributed by atoms with van der Waals surface area (Å²) in [5, 5.41) is 12.3. The van der Waals surface area contributed by atoms with Gasteiger partial charge in [0.2, 0.25) is 5.91 Å². The molecule has 0 radical (unpaired) electrons. The van der Waals surface area contributed by atoms with E-state index in [1.807, 2.05) is 24.3 Å². The molecule has 3 aliphatic rings. The third kappa shape index (κ3) is 4.27. The van der Waals surface area contributed by atoms with Gasteiger partial charge in [0.15, 0.2) is 0 Å². The Kier molecular flexibility index (Phi) is 6.25. The van der Waals surface area contributed by atoms with E-state index in [1.54, 1.807) is 11.8 Å². The van der Waals surface area contributed by atoms with Crippen LogP contribution in [-0.4, -0.2) is 64.2 Å². The molecule has 2 heterocycles. The Morgan fingerprint density at radius 2 is 1.65 bits per heavy atom. The van der Waals surface area contributed by atoms with Crippen molar-refractivity contribution in [1.82, 2.24) is 10.2 Å². The fraction of sp³-hybridized carbons (Fsp3) is 0.423. The number of benzene rings is 2. The first kappa shape index (κ1) is 22.8. The van der Waals surface area contributed by atoms with Gasteiger partial charge in [-0.1, -0.05) is 48.5 Å². The molecule has 0 spiro atoms. The molecule has 2 aromatic carbocycles. The summed E-state index contributed by atoms with van der Waals surface area (Å²) >= 11 is 1.79. The zero-order chi connectivity index (χ0) is 23.7. The molecular formula is C26H28N2O5S. The van der Waals surface area contributed by atoms with Gasteiger partial charge in [-0.15, -0.1) is 0 Å². The van der Waals surface area contributed by atoms with Crippen LogP contribution >= 0.6 is 11.8 Å². The Morgan fingerprint density at radius 1 is 1.03 bits per heavy atom. The summed E-state index contributed by atoms with van der Waals surface area (Å²) in [5.41, 5.74) is 3.92. The Bertz CT molecular complexity index is 1070. The van der Waals surface area contributed by atoms with Crippen LogP contribution in [0.1, 0.15) is 42.7 Å². The van der Waals surface area contributed by atoms with Crippen LogP contribution in [-0.2, 0) is 14.3 Å². The summed E-state index contributed by atoms with van der Waals surface area (Å²) in [6.45, 7) is 0.664. The Morgan fingerprint density at radius 3 is 2.21 bits per heavy atom. The van der Waals surface area contributed by atoms with E-state index < -0.39 is 23.6 Å². The van der Waals surface area contributed by atoms with Crippen LogP contribution in [0.2, 0.25) is 0 Å². The predicted molar refractivity (Wildman–Crippen MR) is 130 cm³/mol. The molecule has 2 fully saturated rings. The van der Waals surface area contributed by atoms with Gasteiger partial charge in [-0.05, 0) is 53.0 Å². The third-order valence-electron chi connectivity index (χ3n) is 7.28. The van der Waals surface area contributed by atoms with Crippen LogP contribution in [0.3, 0.4) is 0 Å². The fourth-order valence-corrected chi connectivity index (χ4v) is 6.57. The first-order valence-corrected chi connectivity index (χ1v) is 12.9. The summed E-state index contributed by atoms with van der Waals surface area (Å²) in [6, 6.07) is 15.6. The first-order chi connectivity index (χ1) is 16.5. The maximum Gasteiger partial charge on any atom is 0.407 e. The van der Waals surface area contributed by atoms with Crippen LogP contribution in [0.5, 0.6) is 0 Å². The molecule has 2 N–H and O–H groups in total. The van der Waals surface area contributed by atoms with Crippen molar-refractivity contribution in [1.29, 1.82) is 0 Å². The minimum atomic E-state index is -0.975. The van der Waals surface area contributed by atoms with E-state index in [-0.39, 0.29) is 24.9 Å². The number of aliphatic carboxylic acids is 1. The van der Waals surface area contributed by atoms with Crippen molar-refractivity contribution in [2.75, 3.05) is 24.7 Å². The fourth-order valence-electron chi connectivity index (χ4n) is 5.29. The molecule has 1 aliphatic carbocycles. The van der Waals surface area contributed by atoms with Crippen molar-refractivity contribution in [3.63, 3.8) is 0 Å². The largest absolute Gasteiger partial charge is 0.480 e. The highest BCUT2D eigenvalue weighted by molar-refractivity contribution is 7.99. The SMILES string of the molecule is O=C(NC1(CC(=O)N2CCC2C(=O)O)CCSCC1)OCC1c2ccccc2-c2ccccc21. The number of nitrogens with one attached hydrogen (secondary N) is 1. The molecule has 1 unspecified atom stereocenters. The molecular weight excluding hydrogens is 452 g/mol. The average molecular weight is 481 g/mol. The molecule has 2 saturated heterocycles. The summed E-state index contributed by atoms with van der Waals surface area (Å²) in [6.07, 6.45) is 1.35. The number of thioether (sulfide) groups is 1. The smallest absolute Gasteiger partial charge is 0.407 e. The van der Waals surface area contributed by atoms with Gasteiger partial charge in [-0.25, -0.2) is 9.59 Å². The molecule has 2 aromatic rings. The van der Waals surface area contributed by atoms with Crippen molar-refractivity contribution in [2.45, 2.75) is 43.2 Å². The lowest BCUT2D eigenvalue weighted by atomic mass is 9.87. The maximum atomic E-state index is 12.9. The van der Waals surface area contributed by atoms with Crippen molar-refractivity contribution in [3.8, 4) is 11.1 Å². The zero-order valence-electron chi connectivity index (χ0n) is 18.9. The summed E-state index contributed by atoms with van der Waals surface area (Å²) < 4.78 is 5.73. The Hall–Kier alpha value is -3.00. The lowest BCUT2D eigenvalue weighted by Crippen LogP contribution is -2.59. The number of alkyl carbamates (subject to hydrolysis) is 1. The van der Waals surface area contributed by atoms with Gasteiger partial charge in [0.1, 0.15) is 12.6 Å². The molecule has 2 amide bonds. The molecule has 8 heteroatoms. The molecule has 5 rings (SSSR count). The highest BCUT2D eigenvalue weighted by Crippen LogP contribution is 2.44. The molecule has 0 bridgehead atoms. The number of hydrogen-bond donors (Lipinski definition) is 2. The summed E-state index contributed by atoms with van der Waals surface area (Å²) in [4.78, 5) is 38.6. The van der Waals surface area contributed by atoms with E-state index in [4.69, 9.17) is 4.74 Å². The van der Waals surface area contributed by atoms with Crippen LogP contribution in [0.15, 0.2) is 48.5 Å². The minimum absolute atomic E-state index is 0.0324. The number of carboxylic acids is 1. The molecule has 0 aromatic heterocycles. The number of carbonyl (C=O) groups is 3. The van der Waals surface area contributed by atoms with Gasteiger partial charge < -0.3 is 20.1 Å². The number of hydrogen-bond acceptors (Lipinski definition) is 5. The topological polar surface area (TPSA) is 95.9 Å². The number of carbonyl (C=O) groups excluding carboxylic acids is 2. The molecule has 2 aliphatic heterocycles. The number of amides is 2. The first-order valence-electron chi connectivity index (χ1n) is 11.7. The van der Waals surface area contributed by atoms with Crippen molar-refractivity contribution in [3.05, 3.63) is 59.7 Å². The van der Waals surface area contributed by atoms with Gasteiger partial charge in [0.05, 0.1) is 12.0 Å². The second-order valence-corrected chi connectivity index (χ2v) is 10.5. The number of ether oxygens (including phenoxy) is 1. The molecule has 0 saturated carbocycles. The average Bonchev–Trinajstić information content (AvgIpc) is 3.11. The van der Waals surface area contributed by atoms with Gasteiger partial charge in [-0.3, -0.25) is 4.79 Å². The second kappa shape index (κ2) is 9.33. The van der Waals surface area contributed by atoms with E-state index in [0.717, 1.165) is 22.6 Å². The molecule has 7 nitrogen and oxygen atoms in total. The quantitative estimate of drug-likeness (QED) is 0.652. The van der Waals surface area contributed by atoms with E-state index in [0.29, 0.717) is 25.8 Å². The van der Waals surface area contributed by atoms with E-state index in [1.165, 1.54) is 16.0 Å². The zero-order valence-corrected chi connectivity index (χ0v) is 19.7. The van der Waals surface area contributed by atoms with Gasteiger partial charge in [-0.2, -0.15) is 11.8 Å². The number of fused-ring (bicyclic) bond motifs is 3. The lowest BCUT2D eigenvalue weighted by molar-refractivity contribution is -0.158. The summed E-state index contributed by atoms with van der Waals surface area (Å²) in [5.74, 6) is 0.440. The third-order valence-corrected chi connectivity index (χ3v) is 8.26. The highest BCUT2D eigenvalue weighted by Gasteiger charge is 2.43. The molecule has 34 heavy (non-hydrogen) atoms. The molecule has 1 atom stereocenters. The lowest BCUT2D eigenvalue weighted by Gasteiger charge is -2.42. The Labute approximate surface area is 202 Å². The van der Waals surface area contributed by atoms with Crippen LogP contribution < -0.4 is 5.32 Å². The molecule has 178 valence electrons. The standard InChI is InChI=1S/C26H28N2O5S/c29-23(28-12-9-22(28)24(30)31)15-26(10-13-34-14-11-26)27-25(32)33-16-21-19-7-3-1-5-17(19)18-6-2-4-8-20(18)21/h1-8,21-22H,9-16H2,(H,27,32)(H,30,31). The van der Waals surface area contributed by atoms with Crippen LogP contribution in [0.25, 0.3) is 11.1 Å². The van der Waals surface area contributed by atoms with Gasteiger partial charge >= 0.3 is 12.1 Å². The van der Waals surface area contributed by atoms with Crippen LogP contribution in [0.4, 0.5) is 4.79 Å². The predicted octanol–water partition coefficient (Wildman–Crippen LogP) is 3.87. The Balaban J connectivity index is 1.26. The number of carboxylic acid groups (broad SMARTS) is 1. The monoisotopic (exact) mass is 480 g/mol.